The van der Waals surface area contributed by atoms with E-state index in [0.29, 0.717) is 16.9 Å². The zero-order valence-electron chi connectivity index (χ0n) is 10.7. The van der Waals surface area contributed by atoms with Crippen LogP contribution in [-0.2, 0) is 4.79 Å². The fraction of sp³-hybridized carbons (Fsp3) is 0.0667. The smallest absolute Gasteiger partial charge is 0.221 e. The average molecular weight is 289 g/mol. The standard InChI is InChI=1S/C15H12FNO2S/c1-10(19)17-11-5-7-12(8-6-11)20-15-4-2-3-14(16)13(15)9-18/h2-9H,1H3,(H,17,19). The van der Waals surface area contributed by atoms with Crippen LogP contribution >= 0.6 is 11.8 Å². The number of benzene rings is 2. The molecule has 0 heterocycles. The Kier molecular flexibility index (Phi) is 4.53. The molecule has 102 valence electrons. The first-order valence-corrected chi connectivity index (χ1v) is 6.71. The summed E-state index contributed by atoms with van der Waals surface area (Å²) in [4.78, 5) is 23.2. The third kappa shape index (κ3) is 3.45. The lowest BCUT2D eigenvalue weighted by atomic mass is 10.2. The molecule has 0 atom stereocenters. The van der Waals surface area contributed by atoms with E-state index in [0.717, 1.165) is 4.90 Å². The van der Waals surface area contributed by atoms with E-state index in [2.05, 4.69) is 5.32 Å². The number of amides is 1. The Morgan fingerprint density at radius 1 is 1.20 bits per heavy atom. The van der Waals surface area contributed by atoms with Crippen molar-refractivity contribution in [3.05, 3.63) is 53.8 Å². The van der Waals surface area contributed by atoms with Gasteiger partial charge in [-0.15, -0.1) is 0 Å². The van der Waals surface area contributed by atoms with Crippen molar-refractivity contribution < 1.29 is 14.0 Å². The van der Waals surface area contributed by atoms with Crippen molar-refractivity contribution in [3.8, 4) is 0 Å². The minimum absolute atomic E-state index is 0.0587. The molecule has 2 rings (SSSR count). The van der Waals surface area contributed by atoms with E-state index in [1.54, 1.807) is 36.4 Å². The molecule has 0 radical (unpaired) electrons. The maximum absolute atomic E-state index is 13.5. The van der Waals surface area contributed by atoms with Gasteiger partial charge in [0.2, 0.25) is 5.91 Å². The molecule has 0 aromatic heterocycles. The normalized spacial score (nSPS) is 10.1. The maximum atomic E-state index is 13.5. The van der Waals surface area contributed by atoms with Crippen LogP contribution in [0.2, 0.25) is 0 Å². The highest BCUT2D eigenvalue weighted by Crippen LogP contribution is 2.31. The van der Waals surface area contributed by atoms with Crippen molar-refractivity contribution >= 4 is 29.6 Å². The van der Waals surface area contributed by atoms with Gasteiger partial charge in [-0.2, -0.15) is 0 Å². The number of aldehydes is 1. The molecule has 0 aliphatic heterocycles. The van der Waals surface area contributed by atoms with Gasteiger partial charge >= 0.3 is 0 Å². The van der Waals surface area contributed by atoms with E-state index in [1.807, 2.05) is 0 Å². The molecular weight excluding hydrogens is 277 g/mol. The second kappa shape index (κ2) is 6.34. The third-order valence-corrected chi connectivity index (χ3v) is 3.62. The highest BCUT2D eigenvalue weighted by atomic mass is 32.2. The molecular formula is C15H12FNO2S. The van der Waals surface area contributed by atoms with Gasteiger partial charge < -0.3 is 5.32 Å². The number of hydrogen-bond donors (Lipinski definition) is 1. The molecule has 3 nitrogen and oxygen atoms in total. The predicted molar refractivity (Wildman–Crippen MR) is 76.7 cm³/mol. The molecule has 0 spiro atoms. The SMILES string of the molecule is CC(=O)Nc1ccc(Sc2cccc(F)c2C=O)cc1. The molecule has 0 saturated carbocycles. The van der Waals surface area contributed by atoms with Crippen molar-refractivity contribution in [2.75, 3.05) is 5.32 Å². The molecule has 5 heteroatoms. The molecule has 0 aliphatic rings. The van der Waals surface area contributed by atoms with Crippen molar-refractivity contribution in [1.29, 1.82) is 0 Å². The van der Waals surface area contributed by atoms with Gasteiger partial charge in [0, 0.05) is 22.4 Å². The third-order valence-electron chi connectivity index (χ3n) is 2.53. The molecule has 2 aromatic rings. The second-order valence-electron chi connectivity index (χ2n) is 4.08. The quantitative estimate of drug-likeness (QED) is 0.872. The van der Waals surface area contributed by atoms with Gasteiger partial charge in [0.1, 0.15) is 5.82 Å². The Morgan fingerprint density at radius 2 is 1.90 bits per heavy atom. The monoisotopic (exact) mass is 289 g/mol. The second-order valence-corrected chi connectivity index (χ2v) is 5.19. The van der Waals surface area contributed by atoms with Gasteiger partial charge in [-0.1, -0.05) is 17.8 Å². The summed E-state index contributed by atoms with van der Waals surface area (Å²) in [6.45, 7) is 1.44. The topological polar surface area (TPSA) is 46.2 Å². The maximum Gasteiger partial charge on any atom is 0.221 e. The molecule has 0 fully saturated rings. The fourth-order valence-corrected chi connectivity index (χ4v) is 2.59. The van der Waals surface area contributed by atoms with Crippen LogP contribution in [0.3, 0.4) is 0 Å². The van der Waals surface area contributed by atoms with Gasteiger partial charge in [-0.25, -0.2) is 4.39 Å². The van der Waals surface area contributed by atoms with E-state index < -0.39 is 5.82 Å². The average Bonchev–Trinajstić information content (AvgIpc) is 2.41. The van der Waals surface area contributed by atoms with Crippen molar-refractivity contribution in [3.63, 3.8) is 0 Å². The molecule has 0 unspecified atom stereocenters. The predicted octanol–water partition coefficient (Wildman–Crippen LogP) is 3.75. The lowest BCUT2D eigenvalue weighted by molar-refractivity contribution is -0.114. The number of rotatable bonds is 4. The Balaban J connectivity index is 2.20. The lowest BCUT2D eigenvalue weighted by Gasteiger charge is -2.07. The summed E-state index contributed by atoms with van der Waals surface area (Å²) in [6.07, 6.45) is 0.517. The fourth-order valence-electron chi connectivity index (χ4n) is 1.66. The number of halogens is 1. The first-order valence-electron chi connectivity index (χ1n) is 5.89. The van der Waals surface area contributed by atoms with Crippen LogP contribution in [-0.4, -0.2) is 12.2 Å². The van der Waals surface area contributed by atoms with Crippen LogP contribution in [0, 0.1) is 5.82 Å². The molecule has 20 heavy (non-hydrogen) atoms. The zero-order valence-corrected chi connectivity index (χ0v) is 11.5. The lowest BCUT2D eigenvalue weighted by Crippen LogP contribution is -2.05. The van der Waals surface area contributed by atoms with Crippen molar-refractivity contribution in [2.24, 2.45) is 0 Å². The van der Waals surface area contributed by atoms with E-state index in [-0.39, 0.29) is 11.5 Å². The number of anilines is 1. The van der Waals surface area contributed by atoms with Gasteiger partial charge in [0.05, 0.1) is 5.56 Å². The summed E-state index contributed by atoms with van der Waals surface area (Å²) in [5.74, 6) is -0.668. The molecule has 0 saturated heterocycles. The Hall–Kier alpha value is -2.14. The van der Waals surface area contributed by atoms with Crippen LogP contribution in [0.5, 0.6) is 0 Å². The van der Waals surface area contributed by atoms with Crippen LogP contribution < -0.4 is 5.32 Å². The van der Waals surface area contributed by atoms with Crippen LogP contribution in [0.1, 0.15) is 17.3 Å². The molecule has 0 bridgehead atoms. The van der Waals surface area contributed by atoms with Crippen molar-refractivity contribution in [1.82, 2.24) is 0 Å². The molecule has 0 aliphatic carbocycles. The Morgan fingerprint density at radius 3 is 2.50 bits per heavy atom. The first kappa shape index (κ1) is 14.3. The number of nitrogens with one attached hydrogen (secondary N) is 1. The summed E-state index contributed by atoms with van der Waals surface area (Å²) in [7, 11) is 0. The largest absolute Gasteiger partial charge is 0.326 e. The van der Waals surface area contributed by atoms with Crippen LogP contribution in [0.15, 0.2) is 52.3 Å². The Bertz CT molecular complexity index is 641. The van der Waals surface area contributed by atoms with E-state index in [9.17, 15) is 14.0 Å². The van der Waals surface area contributed by atoms with Gasteiger partial charge in [-0.05, 0) is 36.4 Å². The highest BCUT2D eigenvalue weighted by Gasteiger charge is 2.08. The highest BCUT2D eigenvalue weighted by molar-refractivity contribution is 7.99. The summed E-state index contributed by atoms with van der Waals surface area (Å²) < 4.78 is 13.5. The molecule has 1 N–H and O–H groups in total. The van der Waals surface area contributed by atoms with E-state index in [1.165, 1.54) is 24.8 Å². The summed E-state index contributed by atoms with van der Waals surface area (Å²) in [5.41, 5.74) is 0.750. The summed E-state index contributed by atoms with van der Waals surface area (Å²) in [6, 6.07) is 11.6. The van der Waals surface area contributed by atoms with Gasteiger partial charge in [0.15, 0.2) is 6.29 Å². The van der Waals surface area contributed by atoms with E-state index >= 15 is 0 Å². The number of carbonyl (C=O) groups is 2. The molecule has 2 aromatic carbocycles. The first-order chi connectivity index (χ1) is 9.60. The minimum Gasteiger partial charge on any atom is -0.326 e. The summed E-state index contributed by atoms with van der Waals surface area (Å²) >= 11 is 1.30. The van der Waals surface area contributed by atoms with Crippen LogP contribution in [0.4, 0.5) is 10.1 Å². The van der Waals surface area contributed by atoms with Crippen molar-refractivity contribution in [2.45, 2.75) is 16.7 Å². The summed E-state index contributed by atoms with van der Waals surface area (Å²) in [5, 5.41) is 2.66. The van der Waals surface area contributed by atoms with E-state index in [4.69, 9.17) is 0 Å². The minimum atomic E-state index is -0.528. The van der Waals surface area contributed by atoms with Gasteiger partial charge in [-0.3, -0.25) is 9.59 Å². The zero-order chi connectivity index (χ0) is 14.5. The van der Waals surface area contributed by atoms with Gasteiger partial charge in [0.25, 0.3) is 0 Å². The molecule has 1 amide bonds. The number of hydrogen-bond acceptors (Lipinski definition) is 3. The Labute approximate surface area is 120 Å². The van der Waals surface area contributed by atoms with Crippen LogP contribution in [0.25, 0.3) is 0 Å². The number of carbonyl (C=O) groups excluding carboxylic acids is 2.